The van der Waals surface area contributed by atoms with Crippen molar-refractivity contribution in [2.45, 2.75) is 20.5 Å². The fourth-order valence-electron chi connectivity index (χ4n) is 2.78. The highest BCUT2D eigenvalue weighted by molar-refractivity contribution is 7.16. The van der Waals surface area contributed by atoms with Crippen LogP contribution in [-0.2, 0) is 6.61 Å². The standard InChI is InChI=1S/C21H16N4O3S2/c1-12-16(13(2)28-25-12)10-27-18-6-5-14(8-15(18)9-22)20(26)24-21-23-17(11-30-21)19-4-3-7-29-19/h3-8,11H,10H2,1-2H3,(H,23,24,26). The van der Waals surface area contributed by atoms with Crippen LogP contribution in [0, 0.1) is 25.2 Å². The molecule has 0 spiro atoms. The number of hydrogen-bond donors (Lipinski definition) is 1. The zero-order valence-corrected chi connectivity index (χ0v) is 17.8. The highest BCUT2D eigenvalue weighted by Crippen LogP contribution is 2.29. The molecule has 1 amide bonds. The molecule has 1 aromatic carbocycles. The number of nitrogens with zero attached hydrogens (tertiary/aromatic N) is 3. The maximum Gasteiger partial charge on any atom is 0.257 e. The summed E-state index contributed by atoms with van der Waals surface area (Å²) in [5.74, 6) is 0.728. The summed E-state index contributed by atoms with van der Waals surface area (Å²) < 4.78 is 10.9. The third-order valence-electron chi connectivity index (χ3n) is 4.41. The van der Waals surface area contributed by atoms with Gasteiger partial charge in [-0.15, -0.1) is 22.7 Å². The second kappa shape index (κ2) is 8.49. The zero-order valence-electron chi connectivity index (χ0n) is 16.1. The number of anilines is 1. The van der Waals surface area contributed by atoms with Crippen molar-refractivity contribution in [3.05, 3.63) is 69.2 Å². The molecule has 0 aliphatic carbocycles. The number of amides is 1. The number of nitrogens with one attached hydrogen (secondary N) is 1. The van der Waals surface area contributed by atoms with Gasteiger partial charge in [0.05, 0.1) is 27.4 Å². The summed E-state index contributed by atoms with van der Waals surface area (Å²) in [5, 5.41) is 20.5. The molecule has 9 heteroatoms. The Morgan fingerprint density at radius 2 is 2.17 bits per heavy atom. The molecule has 0 aliphatic rings. The Hall–Kier alpha value is -3.48. The first-order valence-corrected chi connectivity index (χ1v) is 10.7. The Morgan fingerprint density at radius 1 is 1.30 bits per heavy atom. The number of nitriles is 1. The fourth-order valence-corrected chi connectivity index (χ4v) is 4.25. The van der Waals surface area contributed by atoms with E-state index in [4.69, 9.17) is 9.26 Å². The Bertz CT molecular complexity index is 1220. The van der Waals surface area contributed by atoms with Crippen LogP contribution in [-0.4, -0.2) is 16.0 Å². The lowest BCUT2D eigenvalue weighted by Crippen LogP contribution is -2.12. The fraction of sp³-hybridized carbons (Fsp3) is 0.143. The Balaban J connectivity index is 1.47. The maximum absolute atomic E-state index is 12.6. The lowest BCUT2D eigenvalue weighted by Gasteiger charge is -2.09. The highest BCUT2D eigenvalue weighted by atomic mass is 32.1. The van der Waals surface area contributed by atoms with E-state index in [9.17, 15) is 10.1 Å². The van der Waals surface area contributed by atoms with Crippen molar-refractivity contribution in [2.24, 2.45) is 0 Å². The van der Waals surface area contributed by atoms with E-state index in [0.29, 0.717) is 22.2 Å². The van der Waals surface area contributed by atoms with E-state index in [1.165, 1.54) is 17.4 Å². The van der Waals surface area contributed by atoms with Crippen LogP contribution in [0.15, 0.2) is 45.6 Å². The lowest BCUT2D eigenvalue weighted by atomic mass is 10.1. The predicted molar refractivity (Wildman–Crippen MR) is 115 cm³/mol. The highest BCUT2D eigenvalue weighted by Gasteiger charge is 2.15. The molecule has 0 saturated carbocycles. The minimum atomic E-state index is -0.337. The van der Waals surface area contributed by atoms with Gasteiger partial charge in [-0.1, -0.05) is 11.2 Å². The average Bonchev–Trinajstić information content (AvgIpc) is 3.49. The van der Waals surface area contributed by atoms with E-state index in [0.717, 1.165) is 21.8 Å². The minimum Gasteiger partial charge on any atom is -0.487 e. The van der Waals surface area contributed by atoms with Gasteiger partial charge in [-0.2, -0.15) is 5.26 Å². The van der Waals surface area contributed by atoms with Crippen molar-refractivity contribution >= 4 is 33.7 Å². The number of hydrogen-bond acceptors (Lipinski definition) is 8. The SMILES string of the molecule is Cc1noc(C)c1COc1ccc(C(=O)Nc2nc(-c3cccs3)cs2)cc1C#N. The summed E-state index contributed by atoms with van der Waals surface area (Å²) in [4.78, 5) is 18.1. The van der Waals surface area contributed by atoms with Crippen LogP contribution in [0.5, 0.6) is 5.75 Å². The molecule has 0 unspecified atom stereocenters. The number of ether oxygens (including phenoxy) is 1. The second-order valence-corrected chi connectivity index (χ2v) is 8.19. The Labute approximate surface area is 180 Å². The quantitative estimate of drug-likeness (QED) is 0.447. The zero-order chi connectivity index (χ0) is 21.1. The monoisotopic (exact) mass is 436 g/mol. The number of rotatable bonds is 6. The van der Waals surface area contributed by atoms with Gasteiger partial charge in [0.2, 0.25) is 0 Å². The van der Waals surface area contributed by atoms with Crippen molar-refractivity contribution < 1.29 is 14.1 Å². The molecule has 0 atom stereocenters. The molecule has 7 nitrogen and oxygen atoms in total. The number of thiazole rings is 1. The topological polar surface area (TPSA) is 101 Å². The number of carbonyl (C=O) groups is 1. The van der Waals surface area contributed by atoms with Gasteiger partial charge in [0.1, 0.15) is 24.2 Å². The molecule has 1 N–H and O–H groups in total. The molecule has 0 fully saturated rings. The molecule has 0 bridgehead atoms. The molecule has 0 saturated heterocycles. The smallest absolute Gasteiger partial charge is 0.257 e. The van der Waals surface area contributed by atoms with Crippen LogP contribution >= 0.6 is 22.7 Å². The number of carbonyl (C=O) groups excluding carboxylic acids is 1. The van der Waals surface area contributed by atoms with Gasteiger partial charge in [0.15, 0.2) is 5.13 Å². The van der Waals surface area contributed by atoms with Crippen LogP contribution in [0.4, 0.5) is 5.13 Å². The predicted octanol–water partition coefficient (Wildman–Crippen LogP) is 5.18. The molecule has 3 heterocycles. The maximum atomic E-state index is 12.6. The van der Waals surface area contributed by atoms with E-state index in [-0.39, 0.29) is 18.1 Å². The summed E-state index contributed by atoms with van der Waals surface area (Å²) in [6.45, 7) is 3.86. The first-order chi connectivity index (χ1) is 14.5. The largest absolute Gasteiger partial charge is 0.487 e. The Morgan fingerprint density at radius 3 is 2.87 bits per heavy atom. The molecule has 150 valence electrons. The summed E-state index contributed by atoms with van der Waals surface area (Å²) in [6, 6.07) is 10.8. The average molecular weight is 437 g/mol. The molecule has 4 rings (SSSR count). The van der Waals surface area contributed by atoms with Crippen molar-refractivity contribution in [3.63, 3.8) is 0 Å². The van der Waals surface area contributed by atoms with Gasteiger partial charge >= 0.3 is 0 Å². The summed E-state index contributed by atoms with van der Waals surface area (Å²) in [7, 11) is 0. The van der Waals surface area contributed by atoms with Crippen molar-refractivity contribution in [1.82, 2.24) is 10.1 Å². The molecular formula is C21H16N4O3S2. The van der Waals surface area contributed by atoms with Crippen molar-refractivity contribution in [3.8, 4) is 22.4 Å². The van der Waals surface area contributed by atoms with Crippen molar-refractivity contribution in [1.29, 1.82) is 5.26 Å². The van der Waals surface area contributed by atoms with Crippen LogP contribution in [0.2, 0.25) is 0 Å². The number of aryl methyl sites for hydroxylation is 2. The van der Waals surface area contributed by atoms with Gasteiger partial charge in [-0.3, -0.25) is 10.1 Å². The van der Waals surface area contributed by atoms with Gasteiger partial charge in [0.25, 0.3) is 5.91 Å². The molecule has 4 aromatic rings. The Kier molecular flexibility index (Phi) is 5.61. The summed E-state index contributed by atoms with van der Waals surface area (Å²) in [5.41, 5.74) is 3.03. The minimum absolute atomic E-state index is 0.228. The van der Waals surface area contributed by atoms with E-state index < -0.39 is 0 Å². The molecule has 0 radical (unpaired) electrons. The van der Waals surface area contributed by atoms with E-state index >= 15 is 0 Å². The molecule has 30 heavy (non-hydrogen) atoms. The lowest BCUT2D eigenvalue weighted by molar-refractivity contribution is 0.102. The molecular weight excluding hydrogens is 420 g/mol. The normalized spacial score (nSPS) is 10.6. The number of thiophene rings is 1. The van der Waals surface area contributed by atoms with Crippen LogP contribution < -0.4 is 10.1 Å². The van der Waals surface area contributed by atoms with Crippen LogP contribution in [0.3, 0.4) is 0 Å². The summed E-state index contributed by atoms with van der Waals surface area (Å²) >= 11 is 2.94. The first-order valence-electron chi connectivity index (χ1n) is 8.94. The van der Waals surface area contributed by atoms with Gasteiger partial charge < -0.3 is 9.26 Å². The van der Waals surface area contributed by atoms with Crippen molar-refractivity contribution in [2.75, 3.05) is 5.32 Å². The number of benzene rings is 1. The third-order valence-corrected chi connectivity index (χ3v) is 6.06. The number of aromatic nitrogens is 2. The summed E-state index contributed by atoms with van der Waals surface area (Å²) in [6.07, 6.45) is 0. The van der Waals surface area contributed by atoms with Crippen LogP contribution in [0.1, 0.15) is 32.9 Å². The van der Waals surface area contributed by atoms with Gasteiger partial charge in [-0.25, -0.2) is 4.98 Å². The van der Waals surface area contributed by atoms with E-state index in [2.05, 4.69) is 21.5 Å². The first kappa shape index (κ1) is 19.8. The third kappa shape index (κ3) is 4.10. The van der Waals surface area contributed by atoms with E-state index in [1.54, 1.807) is 30.4 Å². The van der Waals surface area contributed by atoms with Gasteiger partial charge in [0, 0.05) is 10.9 Å². The van der Waals surface area contributed by atoms with Crippen LogP contribution in [0.25, 0.3) is 10.6 Å². The van der Waals surface area contributed by atoms with Gasteiger partial charge in [-0.05, 0) is 43.5 Å². The molecule has 0 aliphatic heterocycles. The molecule has 3 aromatic heterocycles. The second-order valence-electron chi connectivity index (χ2n) is 6.38. The van der Waals surface area contributed by atoms with E-state index in [1.807, 2.05) is 29.8 Å².